The highest BCUT2D eigenvalue weighted by Gasteiger charge is 2.21. The molecule has 0 bridgehead atoms. The summed E-state index contributed by atoms with van der Waals surface area (Å²) in [6, 6.07) is 2.27. The normalized spacial score (nSPS) is 11.9. The number of carboxylic acids is 1. The number of carboxylic acid groups (broad SMARTS) is 1. The van der Waals surface area contributed by atoms with Crippen molar-refractivity contribution in [1.82, 2.24) is 5.32 Å². The maximum absolute atomic E-state index is 12.2. The van der Waals surface area contributed by atoms with Gasteiger partial charge in [0.15, 0.2) is 17.5 Å². The van der Waals surface area contributed by atoms with Crippen LogP contribution in [0.1, 0.15) is 10.4 Å². The smallest absolute Gasteiger partial charge is 0.387 e. The topological polar surface area (TPSA) is 94.1 Å². The predicted molar refractivity (Wildman–Crippen MR) is 70.4 cm³/mol. The van der Waals surface area contributed by atoms with Gasteiger partial charge < -0.3 is 24.6 Å². The number of ether oxygens (including phenoxy) is 3. The number of aliphatic carboxylic acids is 1. The molecule has 0 fully saturated rings. The van der Waals surface area contributed by atoms with Crippen molar-refractivity contribution in [1.29, 1.82) is 0 Å². The molecule has 0 saturated carbocycles. The van der Waals surface area contributed by atoms with Crippen molar-refractivity contribution >= 4 is 11.9 Å². The van der Waals surface area contributed by atoms with Crippen LogP contribution in [0.3, 0.4) is 0 Å². The number of hydrogen-bond donors (Lipinski definition) is 2. The molecule has 22 heavy (non-hydrogen) atoms. The third kappa shape index (κ3) is 4.85. The number of benzene rings is 1. The van der Waals surface area contributed by atoms with Crippen LogP contribution >= 0.6 is 0 Å². The van der Waals surface area contributed by atoms with E-state index in [1.165, 1.54) is 26.4 Å². The van der Waals surface area contributed by atoms with Crippen LogP contribution in [0, 0.1) is 0 Å². The SMILES string of the molecule is COCC(NC(=O)c1ccc(OC(F)F)c(OC)c1)C(=O)O. The Morgan fingerprint density at radius 1 is 1.27 bits per heavy atom. The Balaban J connectivity index is 2.91. The first-order valence-corrected chi connectivity index (χ1v) is 6.04. The van der Waals surface area contributed by atoms with Gasteiger partial charge in [-0.25, -0.2) is 4.79 Å². The van der Waals surface area contributed by atoms with Gasteiger partial charge in [-0.3, -0.25) is 4.79 Å². The minimum absolute atomic E-state index is 0.0285. The lowest BCUT2D eigenvalue weighted by atomic mass is 10.1. The largest absolute Gasteiger partial charge is 0.493 e. The van der Waals surface area contributed by atoms with E-state index in [4.69, 9.17) is 9.84 Å². The molecule has 0 spiro atoms. The maximum atomic E-state index is 12.2. The third-order valence-electron chi connectivity index (χ3n) is 2.58. The summed E-state index contributed by atoms with van der Waals surface area (Å²) in [4.78, 5) is 22.9. The fourth-order valence-electron chi connectivity index (χ4n) is 1.59. The van der Waals surface area contributed by atoms with Gasteiger partial charge in [0, 0.05) is 12.7 Å². The number of alkyl halides is 2. The Bertz CT molecular complexity index is 537. The average Bonchev–Trinajstić information content (AvgIpc) is 2.46. The van der Waals surface area contributed by atoms with Gasteiger partial charge >= 0.3 is 12.6 Å². The number of halogens is 2. The fraction of sp³-hybridized carbons (Fsp3) is 0.385. The number of methoxy groups -OCH3 is 2. The molecule has 0 aromatic heterocycles. The molecule has 0 radical (unpaired) electrons. The summed E-state index contributed by atoms with van der Waals surface area (Å²) in [6.45, 7) is -3.25. The number of rotatable bonds is 8. The van der Waals surface area contributed by atoms with Crippen molar-refractivity contribution in [3.8, 4) is 11.5 Å². The van der Waals surface area contributed by atoms with E-state index in [1.807, 2.05) is 0 Å². The molecule has 0 saturated heterocycles. The molecule has 0 heterocycles. The van der Waals surface area contributed by atoms with Gasteiger partial charge in [-0.05, 0) is 18.2 Å². The molecule has 1 rings (SSSR count). The minimum atomic E-state index is -3.04. The van der Waals surface area contributed by atoms with Gasteiger partial charge in [0.1, 0.15) is 0 Å². The monoisotopic (exact) mass is 319 g/mol. The van der Waals surface area contributed by atoms with E-state index in [9.17, 15) is 18.4 Å². The van der Waals surface area contributed by atoms with Crippen molar-refractivity contribution in [3.05, 3.63) is 23.8 Å². The lowest BCUT2D eigenvalue weighted by molar-refractivity contribution is -0.140. The summed E-state index contributed by atoms with van der Waals surface area (Å²) in [5, 5.41) is 11.2. The van der Waals surface area contributed by atoms with Crippen LogP contribution in [0.15, 0.2) is 18.2 Å². The average molecular weight is 319 g/mol. The van der Waals surface area contributed by atoms with Gasteiger partial charge in [-0.1, -0.05) is 0 Å². The predicted octanol–water partition coefficient (Wildman–Crippen LogP) is 1.13. The molecule has 9 heteroatoms. The highest BCUT2D eigenvalue weighted by Crippen LogP contribution is 2.29. The third-order valence-corrected chi connectivity index (χ3v) is 2.58. The summed E-state index contributed by atoms with van der Waals surface area (Å²) in [5.41, 5.74) is 0.0285. The highest BCUT2D eigenvalue weighted by atomic mass is 19.3. The van der Waals surface area contributed by atoms with Gasteiger partial charge in [-0.15, -0.1) is 0 Å². The fourth-order valence-corrected chi connectivity index (χ4v) is 1.59. The first kappa shape index (κ1) is 17.6. The van der Waals surface area contributed by atoms with Crippen LogP contribution < -0.4 is 14.8 Å². The molecule has 0 aliphatic rings. The van der Waals surface area contributed by atoms with E-state index in [0.29, 0.717) is 0 Å². The van der Waals surface area contributed by atoms with Gasteiger partial charge in [0.25, 0.3) is 5.91 Å². The van der Waals surface area contributed by atoms with E-state index >= 15 is 0 Å². The zero-order chi connectivity index (χ0) is 16.7. The van der Waals surface area contributed by atoms with Crippen molar-refractivity contribution in [3.63, 3.8) is 0 Å². The zero-order valence-electron chi connectivity index (χ0n) is 11.8. The first-order valence-electron chi connectivity index (χ1n) is 6.04. The summed E-state index contributed by atoms with van der Waals surface area (Å²) in [6.07, 6.45) is 0. The van der Waals surface area contributed by atoms with E-state index in [1.54, 1.807) is 0 Å². The number of nitrogens with one attached hydrogen (secondary N) is 1. The molecule has 1 aromatic rings. The molecular formula is C13H15F2NO6. The van der Waals surface area contributed by atoms with Crippen molar-refractivity contribution in [2.75, 3.05) is 20.8 Å². The molecule has 1 unspecified atom stereocenters. The molecule has 2 N–H and O–H groups in total. The molecule has 0 aliphatic carbocycles. The van der Waals surface area contributed by atoms with E-state index in [-0.39, 0.29) is 23.7 Å². The Hall–Kier alpha value is -2.42. The summed E-state index contributed by atoms with van der Waals surface area (Å²) in [7, 11) is 2.52. The molecule has 1 amide bonds. The highest BCUT2D eigenvalue weighted by molar-refractivity contribution is 5.97. The van der Waals surface area contributed by atoms with Crippen LogP contribution in [0.25, 0.3) is 0 Å². The Labute approximate surface area is 124 Å². The van der Waals surface area contributed by atoms with Crippen LogP contribution in [-0.4, -0.2) is 50.5 Å². The Morgan fingerprint density at radius 3 is 2.45 bits per heavy atom. The lowest BCUT2D eigenvalue weighted by Gasteiger charge is -2.15. The molecule has 122 valence electrons. The zero-order valence-corrected chi connectivity index (χ0v) is 11.8. The number of carbonyl (C=O) groups is 2. The second-order valence-corrected chi connectivity index (χ2v) is 4.06. The summed E-state index contributed by atoms with van der Waals surface area (Å²) in [5.74, 6) is -2.29. The second kappa shape index (κ2) is 8.13. The van der Waals surface area contributed by atoms with Gasteiger partial charge in [0.2, 0.25) is 0 Å². The van der Waals surface area contributed by atoms with Crippen LogP contribution in [0.5, 0.6) is 11.5 Å². The van der Waals surface area contributed by atoms with E-state index < -0.39 is 24.5 Å². The number of hydrogen-bond acceptors (Lipinski definition) is 5. The number of amides is 1. The van der Waals surface area contributed by atoms with Crippen LogP contribution in [0.4, 0.5) is 8.78 Å². The number of carbonyl (C=O) groups excluding carboxylic acids is 1. The van der Waals surface area contributed by atoms with E-state index in [0.717, 1.165) is 6.07 Å². The van der Waals surface area contributed by atoms with Crippen molar-refractivity contribution in [2.24, 2.45) is 0 Å². The molecule has 0 aliphatic heterocycles. The first-order chi connectivity index (χ1) is 10.4. The maximum Gasteiger partial charge on any atom is 0.387 e. The van der Waals surface area contributed by atoms with Crippen molar-refractivity contribution in [2.45, 2.75) is 12.7 Å². The van der Waals surface area contributed by atoms with Gasteiger partial charge in [-0.2, -0.15) is 8.78 Å². The Morgan fingerprint density at radius 2 is 1.95 bits per heavy atom. The molecular weight excluding hydrogens is 304 g/mol. The van der Waals surface area contributed by atoms with Crippen molar-refractivity contribution < 1.29 is 37.7 Å². The quantitative estimate of drug-likeness (QED) is 0.746. The van der Waals surface area contributed by atoms with E-state index in [2.05, 4.69) is 14.8 Å². The second-order valence-electron chi connectivity index (χ2n) is 4.06. The minimum Gasteiger partial charge on any atom is -0.493 e. The van der Waals surface area contributed by atoms with Crippen LogP contribution in [0.2, 0.25) is 0 Å². The molecule has 1 aromatic carbocycles. The van der Waals surface area contributed by atoms with Gasteiger partial charge in [0.05, 0.1) is 13.7 Å². The lowest BCUT2D eigenvalue weighted by Crippen LogP contribution is -2.43. The molecule has 1 atom stereocenters. The standard InChI is InChI=1S/C13H15F2NO6/c1-20-6-8(12(18)19)16-11(17)7-3-4-9(22-13(14)15)10(5-7)21-2/h3-5,8,13H,6H2,1-2H3,(H,16,17)(H,18,19). The van der Waals surface area contributed by atoms with Crippen LogP contribution in [-0.2, 0) is 9.53 Å². The molecule has 7 nitrogen and oxygen atoms in total. The summed E-state index contributed by atoms with van der Waals surface area (Å²) >= 11 is 0. The Kier molecular flexibility index (Phi) is 6.51. The summed E-state index contributed by atoms with van der Waals surface area (Å²) < 4.78 is 38.2.